The normalized spacial score (nSPS) is 28.4. The van der Waals surface area contributed by atoms with Gasteiger partial charge in [0, 0.05) is 30.7 Å². The maximum absolute atomic E-state index is 5.93. The molecular weight excluding hydrogens is 184 g/mol. The highest BCUT2D eigenvalue weighted by Crippen LogP contribution is 2.24. The molecule has 0 bridgehead atoms. The molecule has 2 heterocycles. The molecule has 1 aromatic heterocycles. The first-order valence-corrected chi connectivity index (χ1v) is 5.25. The monoisotopic (exact) mass is 198 g/mol. The number of nitrogens with two attached hydrogens (primary N) is 1. The van der Waals surface area contributed by atoms with E-state index in [2.05, 4.69) is 21.2 Å². The lowest BCUT2D eigenvalue weighted by atomic mass is 10.1. The van der Waals surface area contributed by atoms with Crippen LogP contribution in [-0.4, -0.2) is 28.5 Å². The van der Waals surface area contributed by atoms with Crippen LogP contribution in [0, 0.1) is 12.8 Å². The van der Waals surface area contributed by atoms with Crippen molar-refractivity contribution in [1.82, 2.24) is 9.36 Å². The van der Waals surface area contributed by atoms with Gasteiger partial charge in [0.05, 0.1) is 0 Å². The van der Waals surface area contributed by atoms with Gasteiger partial charge in [-0.3, -0.25) is 0 Å². The molecule has 1 fully saturated rings. The molecule has 2 atom stereocenters. The summed E-state index contributed by atoms with van der Waals surface area (Å²) in [7, 11) is 0. The van der Waals surface area contributed by atoms with Crippen LogP contribution in [0.4, 0.5) is 5.13 Å². The lowest BCUT2D eigenvalue weighted by Gasteiger charge is -2.12. The fourth-order valence-electron chi connectivity index (χ4n) is 1.56. The Balaban J connectivity index is 2.11. The Hall–Kier alpha value is -0.680. The Kier molecular flexibility index (Phi) is 2.21. The van der Waals surface area contributed by atoms with Crippen LogP contribution in [-0.2, 0) is 0 Å². The molecule has 0 spiro atoms. The Morgan fingerprint density at radius 2 is 2.31 bits per heavy atom. The zero-order valence-corrected chi connectivity index (χ0v) is 8.71. The zero-order chi connectivity index (χ0) is 9.42. The zero-order valence-electron chi connectivity index (χ0n) is 7.90. The third-order valence-electron chi connectivity index (χ3n) is 2.46. The van der Waals surface area contributed by atoms with Crippen LogP contribution in [0.25, 0.3) is 0 Å². The quantitative estimate of drug-likeness (QED) is 0.719. The maximum Gasteiger partial charge on any atom is 0.205 e. The van der Waals surface area contributed by atoms with Crippen LogP contribution in [0.1, 0.15) is 12.7 Å². The Morgan fingerprint density at radius 1 is 1.54 bits per heavy atom. The van der Waals surface area contributed by atoms with Crippen LogP contribution in [0.3, 0.4) is 0 Å². The van der Waals surface area contributed by atoms with Gasteiger partial charge in [0.25, 0.3) is 0 Å². The number of hydrogen-bond acceptors (Lipinski definition) is 5. The molecule has 2 unspecified atom stereocenters. The molecule has 1 aliphatic rings. The molecule has 0 saturated carbocycles. The number of anilines is 1. The van der Waals surface area contributed by atoms with Crippen LogP contribution in [0.2, 0.25) is 0 Å². The van der Waals surface area contributed by atoms with Gasteiger partial charge in [-0.1, -0.05) is 6.92 Å². The van der Waals surface area contributed by atoms with Crippen molar-refractivity contribution in [3.05, 3.63) is 5.82 Å². The second-order valence-electron chi connectivity index (χ2n) is 3.67. The average molecular weight is 198 g/mol. The Bertz CT molecular complexity index is 288. The fourth-order valence-corrected chi connectivity index (χ4v) is 2.25. The standard InChI is InChI=1S/C8H14N4S/c1-5-3-12(4-7(5)9)8-10-6(2)11-13-8/h5,7H,3-4,9H2,1-2H3. The molecular formula is C8H14N4S. The van der Waals surface area contributed by atoms with Crippen molar-refractivity contribution in [1.29, 1.82) is 0 Å². The third kappa shape index (κ3) is 1.66. The van der Waals surface area contributed by atoms with Crippen LogP contribution in [0.5, 0.6) is 0 Å². The molecule has 1 aliphatic heterocycles. The maximum atomic E-state index is 5.93. The summed E-state index contributed by atoms with van der Waals surface area (Å²) in [6.45, 7) is 6.02. The molecule has 1 aromatic rings. The third-order valence-corrected chi connectivity index (χ3v) is 3.33. The summed E-state index contributed by atoms with van der Waals surface area (Å²) in [6, 6.07) is 0.282. The Labute approximate surface area is 81.9 Å². The smallest absolute Gasteiger partial charge is 0.205 e. The number of hydrogen-bond donors (Lipinski definition) is 1. The molecule has 72 valence electrons. The van der Waals surface area contributed by atoms with Crippen LogP contribution >= 0.6 is 11.5 Å². The first kappa shape index (κ1) is 8.90. The van der Waals surface area contributed by atoms with Gasteiger partial charge in [-0.05, 0) is 12.8 Å². The van der Waals surface area contributed by atoms with Crippen molar-refractivity contribution in [2.75, 3.05) is 18.0 Å². The minimum Gasteiger partial charge on any atom is -0.345 e. The van der Waals surface area contributed by atoms with E-state index >= 15 is 0 Å². The number of aryl methyl sites for hydroxylation is 1. The molecule has 5 heteroatoms. The van der Waals surface area contributed by atoms with Crippen LogP contribution < -0.4 is 10.6 Å². The molecule has 13 heavy (non-hydrogen) atoms. The average Bonchev–Trinajstić information content (AvgIpc) is 2.61. The molecule has 0 aliphatic carbocycles. The van der Waals surface area contributed by atoms with Gasteiger partial charge in [-0.15, -0.1) is 0 Å². The number of nitrogens with zero attached hydrogens (tertiary/aromatic N) is 3. The molecule has 2 rings (SSSR count). The van der Waals surface area contributed by atoms with E-state index < -0.39 is 0 Å². The molecule has 0 radical (unpaired) electrons. The van der Waals surface area contributed by atoms with Crippen LogP contribution in [0.15, 0.2) is 0 Å². The molecule has 0 aromatic carbocycles. The molecule has 4 nitrogen and oxygen atoms in total. The Morgan fingerprint density at radius 3 is 2.77 bits per heavy atom. The van der Waals surface area contributed by atoms with E-state index in [1.807, 2.05) is 6.92 Å². The van der Waals surface area contributed by atoms with E-state index in [1.54, 1.807) is 0 Å². The van der Waals surface area contributed by atoms with Crippen molar-refractivity contribution in [2.45, 2.75) is 19.9 Å². The topological polar surface area (TPSA) is 55.0 Å². The lowest BCUT2D eigenvalue weighted by molar-refractivity contribution is 0.566. The van der Waals surface area contributed by atoms with Gasteiger partial charge in [0.2, 0.25) is 5.13 Å². The predicted molar refractivity (Wildman–Crippen MR) is 54.0 cm³/mol. The highest BCUT2D eigenvalue weighted by atomic mass is 32.1. The van der Waals surface area contributed by atoms with E-state index in [0.29, 0.717) is 5.92 Å². The summed E-state index contributed by atoms with van der Waals surface area (Å²) in [5.74, 6) is 1.41. The van der Waals surface area contributed by atoms with Gasteiger partial charge < -0.3 is 10.6 Å². The van der Waals surface area contributed by atoms with Crippen molar-refractivity contribution < 1.29 is 0 Å². The van der Waals surface area contributed by atoms with E-state index in [1.165, 1.54) is 11.5 Å². The lowest BCUT2D eigenvalue weighted by Crippen LogP contribution is -2.28. The summed E-state index contributed by atoms with van der Waals surface area (Å²) < 4.78 is 4.16. The minimum atomic E-state index is 0.282. The van der Waals surface area contributed by atoms with Crippen molar-refractivity contribution in [2.24, 2.45) is 11.7 Å². The van der Waals surface area contributed by atoms with Gasteiger partial charge >= 0.3 is 0 Å². The molecule has 0 amide bonds. The predicted octanol–water partition coefficient (Wildman–Crippen LogP) is 0.630. The number of aromatic nitrogens is 2. The van der Waals surface area contributed by atoms with E-state index in [4.69, 9.17) is 5.73 Å². The molecule has 2 N–H and O–H groups in total. The van der Waals surface area contributed by atoms with E-state index in [-0.39, 0.29) is 6.04 Å². The SMILES string of the molecule is Cc1nsc(N2CC(C)C(N)C2)n1. The van der Waals surface area contributed by atoms with Gasteiger partial charge in [0.1, 0.15) is 5.82 Å². The highest BCUT2D eigenvalue weighted by molar-refractivity contribution is 7.09. The first-order chi connectivity index (χ1) is 6.16. The summed E-state index contributed by atoms with van der Waals surface area (Å²) in [4.78, 5) is 6.56. The van der Waals surface area contributed by atoms with Crippen molar-refractivity contribution in [3.63, 3.8) is 0 Å². The summed E-state index contributed by atoms with van der Waals surface area (Å²) >= 11 is 1.46. The van der Waals surface area contributed by atoms with Gasteiger partial charge in [-0.2, -0.15) is 4.37 Å². The largest absolute Gasteiger partial charge is 0.345 e. The second-order valence-corrected chi connectivity index (χ2v) is 4.40. The number of rotatable bonds is 1. The second kappa shape index (κ2) is 3.23. The summed E-state index contributed by atoms with van der Waals surface area (Å²) in [5, 5.41) is 1.01. The molecule has 1 saturated heterocycles. The highest BCUT2D eigenvalue weighted by Gasteiger charge is 2.28. The van der Waals surface area contributed by atoms with Crippen molar-refractivity contribution >= 4 is 16.7 Å². The van der Waals surface area contributed by atoms with E-state index in [0.717, 1.165) is 24.0 Å². The minimum absolute atomic E-state index is 0.282. The summed E-state index contributed by atoms with van der Waals surface area (Å²) in [6.07, 6.45) is 0. The van der Waals surface area contributed by atoms with Crippen molar-refractivity contribution in [3.8, 4) is 0 Å². The van der Waals surface area contributed by atoms with E-state index in [9.17, 15) is 0 Å². The van der Waals surface area contributed by atoms with Gasteiger partial charge in [0.15, 0.2) is 0 Å². The first-order valence-electron chi connectivity index (χ1n) is 4.47. The summed E-state index contributed by atoms with van der Waals surface area (Å²) in [5.41, 5.74) is 5.93. The fraction of sp³-hybridized carbons (Fsp3) is 0.750. The van der Waals surface area contributed by atoms with Gasteiger partial charge in [-0.25, -0.2) is 4.98 Å².